The van der Waals surface area contributed by atoms with Crippen LogP contribution in [0.3, 0.4) is 0 Å². The maximum absolute atomic E-state index is 13.0. The Hall–Kier alpha value is -2.51. The van der Waals surface area contributed by atoms with Gasteiger partial charge in [-0.3, -0.25) is 14.7 Å². The number of ether oxygens (including phenoxy) is 1. The topological polar surface area (TPSA) is 78.8 Å². The number of aryl methyl sites for hydroxylation is 1. The van der Waals surface area contributed by atoms with Gasteiger partial charge in [0, 0.05) is 50.7 Å². The smallest absolute Gasteiger partial charge is 0.259 e. The molecule has 2 aromatic rings. The molecule has 1 saturated heterocycles. The lowest BCUT2D eigenvalue weighted by atomic mass is 10.1. The molecule has 3 heterocycles. The van der Waals surface area contributed by atoms with Crippen LogP contribution in [0.4, 0.5) is 0 Å². The monoisotopic (exact) mass is 370 g/mol. The zero-order valence-corrected chi connectivity index (χ0v) is 15.8. The van der Waals surface area contributed by atoms with Crippen LogP contribution in [0, 0.1) is 6.92 Å². The number of aliphatic hydroxyl groups is 1. The van der Waals surface area contributed by atoms with Crippen molar-refractivity contribution in [1.82, 2.24) is 19.8 Å². The molecule has 7 heteroatoms. The molecule has 0 radical (unpaired) electrons. The van der Waals surface area contributed by atoms with E-state index in [2.05, 4.69) is 14.9 Å². The summed E-state index contributed by atoms with van der Waals surface area (Å²) in [7, 11) is 1.51. The average molecular weight is 370 g/mol. The highest BCUT2D eigenvalue weighted by molar-refractivity contribution is 5.96. The van der Waals surface area contributed by atoms with Crippen molar-refractivity contribution >= 4 is 5.91 Å². The molecule has 0 aliphatic carbocycles. The van der Waals surface area contributed by atoms with Crippen LogP contribution in [0.25, 0.3) is 0 Å². The highest BCUT2D eigenvalue weighted by Crippen LogP contribution is 2.21. The van der Waals surface area contributed by atoms with E-state index in [0.29, 0.717) is 37.5 Å². The fourth-order valence-corrected chi connectivity index (χ4v) is 3.49. The van der Waals surface area contributed by atoms with E-state index < -0.39 is 0 Å². The molecule has 27 heavy (non-hydrogen) atoms. The number of piperazine rings is 1. The van der Waals surface area contributed by atoms with E-state index in [-0.39, 0.29) is 18.6 Å². The molecular weight excluding hydrogens is 344 g/mol. The normalized spacial score (nSPS) is 17.7. The second kappa shape index (κ2) is 8.92. The fourth-order valence-electron chi connectivity index (χ4n) is 3.49. The van der Waals surface area contributed by atoms with Crippen molar-refractivity contribution in [3.8, 4) is 5.88 Å². The summed E-state index contributed by atoms with van der Waals surface area (Å²) in [6, 6.07) is 9.55. The predicted molar refractivity (Wildman–Crippen MR) is 102 cm³/mol. The summed E-state index contributed by atoms with van der Waals surface area (Å²) in [6.07, 6.45) is 2.22. The average Bonchev–Trinajstić information content (AvgIpc) is 2.69. The van der Waals surface area contributed by atoms with Gasteiger partial charge < -0.3 is 14.7 Å². The standard InChI is InChI=1S/C20H26N4O3/c1-15-5-3-6-16(22-15)13-23-10-11-24(14-17(23)8-12-25)20(26)18-7-4-9-21-19(18)27-2/h3-7,9,17,25H,8,10-14H2,1-2H3. The fraction of sp³-hybridized carbons (Fsp3) is 0.450. The van der Waals surface area contributed by atoms with Crippen LogP contribution >= 0.6 is 0 Å². The highest BCUT2D eigenvalue weighted by atomic mass is 16.5. The number of methoxy groups -OCH3 is 1. The minimum atomic E-state index is -0.0868. The molecule has 0 spiro atoms. The van der Waals surface area contributed by atoms with E-state index in [0.717, 1.165) is 17.9 Å². The van der Waals surface area contributed by atoms with E-state index in [1.807, 2.05) is 30.0 Å². The summed E-state index contributed by atoms with van der Waals surface area (Å²) in [5.41, 5.74) is 2.46. The summed E-state index contributed by atoms with van der Waals surface area (Å²) in [5, 5.41) is 9.49. The number of amides is 1. The molecule has 0 saturated carbocycles. The van der Waals surface area contributed by atoms with Crippen molar-refractivity contribution in [2.75, 3.05) is 33.4 Å². The quantitative estimate of drug-likeness (QED) is 0.830. The lowest BCUT2D eigenvalue weighted by molar-refractivity contribution is 0.0388. The third kappa shape index (κ3) is 4.61. The SMILES string of the molecule is COc1ncccc1C(=O)N1CCN(Cc2cccc(C)n2)C(CCO)C1. The van der Waals surface area contributed by atoms with Crippen molar-refractivity contribution in [2.45, 2.75) is 25.9 Å². The molecule has 144 valence electrons. The largest absolute Gasteiger partial charge is 0.480 e. The summed E-state index contributed by atoms with van der Waals surface area (Å²) in [6.45, 7) is 4.68. The lowest BCUT2D eigenvalue weighted by Crippen LogP contribution is -2.54. The number of pyridine rings is 2. The van der Waals surface area contributed by atoms with E-state index in [4.69, 9.17) is 4.74 Å². The molecule has 2 aromatic heterocycles. The minimum absolute atomic E-state index is 0.0812. The van der Waals surface area contributed by atoms with Crippen molar-refractivity contribution in [1.29, 1.82) is 0 Å². The van der Waals surface area contributed by atoms with Crippen LogP contribution in [-0.2, 0) is 6.54 Å². The Labute approximate surface area is 159 Å². The number of aliphatic hydroxyl groups excluding tert-OH is 1. The Morgan fingerprint density at radius 2 is 2.15 bits per heavy atom. The number of carbonyl (C=O) groups excluding carboxylic acids is 1. The molecular formula is C20H26N4O3. The number of hydrogen-bond acceptors (Lipinski definition) is 6. The van der Waals surface area contributed by atoms with Crippen LogP contribution in [0.15, 0.2) is 36.5 Å². The van der Waals surface area contributed by atoms with Crippen LogP contribution in [0.2, 0.25) is 0 Å². The minimum Gasteiger partial charge on any atom is -0.480 e. The molecule has 1 fully saturated rings. The van der Waals surface area contributed by atoms with Gasteiger partial charge in [-0.2, -0.15) is 0 Å². The predicted octanol–water partition coefficient (Wildman–Crippen LogP) is 1.50. The van der Waals surface area contributed by atoms with Crippen molar-refractivity contribution < 1.29 is 14.6 Å². The van der Waals surface area contributed by atoms with Crippen molar-refractivity contribution in [3.05, 3.63) is 53.5 Å². The first-order chi connectivity index (χ1) is 13.1. The molecule has 1 unspecified atom stereocenters. The van der Waals surface area contributed by atoms with E-state index in [1.54, 1.807) is 18.3 Å². The Morgan fingerprint density at radius 3 is 2.89 bits per heavy atom. The van der Waals surface area contributed by atoms with Gasteiger partial charge in [-0.05, 0) is 37.6 Å². The van der Waals surface area contributed by atoms with Crippen LogP contribution in [0.5, 0.6) is 5.88 Å². The van der Waals surface area contributed by atoms with Gasteiger partial charge in [-0.1, -0.05) is 6.07 Å². The van der Waals surface area contributed by atoms with Crippen molar-refractivity contribution in [2.24, 2.45) is 0 Å². The molecule has 0 bridgehead atoms. The Morgan fingerprint density at radius 1 is 1.30 bits per heavy atom. The number of nitrogens with zero attached hydrogens (tertiary/aromatic N) is 4. The highest BCUT2D eigenvalue weighted by Gasteiger charge is 2.31. The molecule has 0 aromatic carbocycles. The summed E-state index contributed by atoms with van der Waals surface area (Å²) in [5.74, 6) is 0.254. The van der Waals surface area contributed by atoms with Gasteiger partial charge in [0.2, 0.25) is 5.88 Å². The molecule has 1 atom stereocenters. The number of hydrogen-bond donors (Lipinski definition) is 1. The number of rotatable bonds is 6. The summed E-state index contributed by atoms with van der Waals surface area (Å²) >= 11 is 0. The van der Waals surface area contributed by atoms with E-state index >= 15 is 0 Å². The van der Waals surface area contributed by atoms with Crippen LogP contribution in [0.1, 0.15) is 28.2 Å². The molecule has 3 rings (SSSR count). The van der Waals surface area contributed by atoms with Gasteiger partial charge in [0.15, 0.2) is 0 Å². The number of carbonyl (C=O) groups is 1. The molecule has 7 nitrogen and oxygen atoms in total. The van der Waals surface area contributed by atoms with Crippen molar-refractivity contribution in [3.63, 3.8) is 0 Å². The first kappa shape index (κ1) is 19.3. The Balaban J connectivity index is 1.72. The second-order valence-electron chi connectivity index (χ2n) is 6.72. The van der Waals surface area contributed by atoms with Gasteiger partial charge in [0.1, 0.15) is 5.56 Å². The second-order valence-corrected chi connectivity index (χ2v) is 6.72. The van der Waals surface area contributed by atoms with Gasteiger partial charge in [0.05, 0.1) is 12.8 Å². The maximum atomic E-state index is 13.0. The van der Waals surface area contributed by atoms with Gasteiger partial charge in [-0.25, -0.2) is 4.98 Å². The third-order valence-corrected chi connectivity index (χ3v) is 4.86. The molecule has 1 aliphatic heterocycles. The molecule has 1 amide bonds. The van der Waals surface area contributed by atoms with Crippen LogP contribution in [-0.4, -0.2) is 70.2 Å². The zero-order chi connectivity index (χ0) is 19.2. The number of aromatic nitrogens is 2. The zero-order valence-electron chi connectivity index (χ0n) is 15.8. The van der Waals surface area contributed by atoms with Gasteiger partial charge >= 0.3 is 0 Å². The van der Waals surface area contributed by atoms with E-state index in [9.17, 15) is 9.90 Å². The first-order valence-electron chi connectivity index (χ1n) is 9.18. The van der Waals surface area contributed by atoms with E-state index in [1.165, 1.54) is 7.11 Å². The first-order valence-corrected chi connectivity index (χ1v) is 9.18. The Kier molecular flexibility index (Phi) is 6.36. The third-order valence-electron chi connectivity index (χ3n) is 4.86. The van der Waals surface area contributed by atoms with Gasteiger partial charge in [0.25, 0.3) is 5.91 Å². The molecule has 1 aliphatic rings. The summed E-state index contributed by atoms with van der Waals surface area (Å²) in [4.78, 5) is 25.8. The lowest BCUT2D eigenvalue weighted by Gasteiger charge is -2.41. The Bertz CT molecular complexity index is 783. The van der Waals surface area contributed by atoms with Crippen LogP contribution < -0.4 is 4.74 Å². The van der Waals surface area contributed by atoms with Gasteiger partial charge in [-0.15, -0.1) is 0 Å². The molecule has 1 N–H and O–H groups in total. The maximum Gasteiger partial charge on any atom is 0.259 e. The summed E-state index contributed by atoms with van der Waals surface area (Å²) < 4.78 is 5.23.